The molecule has 2 aromatic rings. The predicted octanol–water partition coefficient (Wildman–Crippen LogP) is 3.16. The van der Waals surface area contributed by atoms with Gasteiger partial charge in [-0.1, -0.05) is 13.8 Å². The van der Waals surface area contributed by atoms with E-state index in [1.54, 1.807) is 12.5 Å². The van der Waals surface area contributed by atoms with Gasteiger partial charge in [-0.3, -0.25) is 9.69 Å². The van der Waals surface area contributed by atoms with E-state index in [9.17, 15) is 4.79 Å². The topological polar surface area (TPSA) is 58.4 Å². The van der Waals surface area contributed by atoms with Gasteiger partial charge in [0.15, 0.2) is 5.58 Å². The quantitative estimate of drug-likeness (QED) is 0.941. The van der Waals surface area contributed by atoms with Crippen molar-refractivity contribution in [3.8, 4) is 0 Å². The summed E-state index contributed by atoms with van der Waals surface area (Å²) in [5, 5.41) is 4.24. The van der Waals surface area contributed by atoms with Gasteiger partial charge in [-0.05, 0) is 50.8 Å². The second-order valence-electron chi connectivity index (χ2n) is 7.52. The van der Waals surface area contributed by atoms with Crippen LogP contribution in [0.1, 0.15) is 55.6 Å². The molecule has 2 bridgehead atoms. The number of fused-ring (bicyclic) bond motifs is 4. The largest absolute Gasteiger partial charge is 0.462 e. The number of nitrogens with zero attached hydrogens (tertiary/aromatic N) is 2. The van der Waals surface area contributed by atoms with E-state index in [0.717, 1.165) is 29.6 Å². The third-order valence-corrected chi connectivity index (χ3v) is 5.82. The number of furan rings is 1. The molecule has 3 saturated heterocycles. The summed E-state index contributed by atoms with van der Waals surface area (Å²) >= 11 is 0. The zero-order chi connectivity index (χ0) is 16.8. The lowest BCUT2D eigenvalue weighted by Crippen LogP contribution is -2.62. The fraction of sp³-hybridized carbons (Fsp3) is 0.579. The molecule has 5 heteroatoms. The molecule has 0 saturated carbocycles. The van der Waals surface area contributed by atoms with E-state index in [1.807, 2.05) is 6.07 Å². The van der Waals surface area contributed by atoms with Gasteiger partial charge in [0.2, 0.25) is 0 Å². The first-order chi connectivity index (χ1) is 11.5. The first kappa shape index (κ1) is 15.6. The van der Waals surface area contributed by atoms with Gasteiger partial charge in [0.1, 0.15) is 5.69 Å². The smallest absolute Gasteiger partial charge is 0.270 e. The first-order valence-corrected chi connectivity index (χ1v) is 8.96. The Bertz CT molecular complexity index is 757. The summed E-state index contributed by atoms with van der Waals surface area (Å²) < 4.78 is 5.55. The maximum Gasteiger partial charge on any atom is 0.270 e. The highest BCUT2D eigenvalue weighted by Crippen LogP contribution is 2.32. The lowest BCUT2D eigenvalue weighted by atomic mass is 9.79. The molecular weight excluding hydrogens is 302 g/mol. The van der Waals surface area contributed by atoms with E-state index in [0.29, 0.717) is 23.6 Å². The molecule has 0 aromatic carbocycles. The normalized spacial score (nSPS) is 29.3. The van der Waals surface area contributed by atoms with Gasteiger partial charge in [0.25, 0.3) is 5.91 Å². The first-order valence-electron chi connectivity index (χ1n) is 8.96. The number of piperidine rings is 3. The van der Waals surface area contributed by atoms with Crippen LogP contribution in [-0.4, -0.2) is 41.0 Å². The average molecular weight is 327 g/mol. The van der Waals surface area contributed by atoms with Gasteiger partial charge in [0, 0.05) is 23.0 Å². The van der Waals surface area contributed by atoms with Crippen molar-refractivity contribution in [3.05, 3.63) is 29.8 Å². The minimum absolute atomic E-state index is 0.0709. The van der Waals surface area contributed by atoms with Gasteiger partial charge in [0.05, 0.1) is 12.5 Å². The summed E-state index contributed by atoms with van der Waals surface area (Å²) in [5.74, 6) is 0.878. The lowest BCUT2D eigenvalue weighted by Gasteiger charge is -2.49. The van der Waals surface area contributed by atoms with Crippen molar-refractivity contribution in [1.82, 2.24) is 15.2 Å². The number of hydrogen-bond donors (Lipinski definition) is 1. The van der Waals surface area contributed by atoms with Gasteiger partial charge in [-0.2, -0.15) is 0 Å². The van der Waals surface area contributed by atoms with Crippen molar-refractivity contribution >= 4 is 16.9 Å². The number of carbonyl (C=O) groups is 1. The molecule has 128 valence electrons. The molecule has 1 amide bonds. The van der Waals surface area contributed by atoms with Crippen molar-refractivity contribution < 1.29 is 9.21 Å². The molecule has 3 aliphatic rings. The van der Waals surface area contributed by atoms with E-state index in [4.69, 9.17) is 4.42 Å². The second kappa shape index (κ2) is 5.88. The maximum atomic E-state index is 12.8. The van der Waals surface area contributed by atoms with Crippen LogP contribution in [0.15, 0.2) is 22.9 Å². The highest BCUT2D eigenvalue weighted by Gasteiger charge is 2.40. The van der Waals surface area contributed by atoms with Gasteiger partial charge in [-0.15, -0.1) is 0 Å². The minimum atomic E-state index is -0.0709. The summed E-state index contributed by atoms with van der Waals surface area (Å²) in [7, 11) is 0. The molecule has 1 N–H and O–H groups in total. The molecule has 2 unspecified atom stereocenters. The van der Waals surface area contributed by atoms with Crippen LogP contribution in [0.4, 0.5) is 0 Å². The van der Waals surface area contributed by atoms with Crippen LogP contribution >= 0.6 is 0 Å². The number of nitrogens with one attached hydrogen (secondary N) is 1. The van der Waals surface area contributed by atoms with Gasteiger partial charge < -0.3 is 9.73 Å². The molecule has 0 aliphatic carbocycles. The number of hydrogen-bond acceptors (Lipinski definition) is 4. The SMILES string of the molecule is CC(C)c1coc2cnc(C(=O)NC3C4CCN(CC4)C3C)cc12. The minimum Gasteiger partial charge on any atom is -0.462 e. The highest BCUT2D eigenvalue weighted by atomic mass is 16.3. The van der Waals surface area contributed by atoms with Crippen molar-refractivity contribution in [2.45, 2.75) is 51.6 Å². The maximum absolute atomic E-state index is 12.8. The zero-order valence-electron chi connectivity index (χ0n) is 14.6. The van der Waals surface area contributed by atoms with Crippen LogP contribution in [0.25, 0.3) is 11.0 Å². The number of aromatic nitrogens is 1. The monoisotopic (exact) mass is 327 g/mol. The van der Waals surface area contributed by atoms with E-state index < -0.39 is 0 Å². The van der Waals surface area contributed by atoms with Crippen LogP contribution in [0.3, 0.4) is 0 Å². The van der Waals surface area contributed by atoms with Crippen LogP contribution in [-0.2, 0) is 0 Å². The number of carbonyl (C=O) groups excluding carboxylic acids is 1. The third-order valence-electron chi connectivity index (χ3n) is 5.82. The molecule has 5 heterocycles. The van der Waals surface area contributed by atoms with Crippen LogP contribution in [0.2, 0.25) is 0 Å². The van der Waals surface area contributed by atoms with Crippen molar-refractivity contribution in [2.24, 2.45) is 5.92 Å². The Labute approximate surface area is 142 Å². The predicted molar refractivity (Wildman–Crippen MR) is 93.1 cm³/mol. The Morgan fingerprint density at radius 2 is 2.12 bits per heavy atom. The van der Waals surface area contributed by atoms with E-state index >= 15 is 0 Å². The molecule has 0 radical (unpaired) electrons. The summed E-state index contributed by atoms with van der Waals surface area (Å²) in [5.41, 5.74) is 2.35. The van der Waals surface area contributed by atoms with E-state index in [-0.39, 0.29) is 11.9 Å². The molecule has 5 nitrogen and oxygen atoms in total. The highest BCUT2D eigenvalue weighted by molar-refractivity contribution is 5.96. The van der Waals surface area contributed by atoms with Crippen LogP contribution < -0.4 is 5.32 Å². The standard InChI is InChI=1S/C19H25N3O2/c1-11(2)15-10-24-17-9-20-16(8-14(15)17)19(23)21-18-12(3)22-6-4-13(18)5-7-22/h8-13,18H,4-7H2,1-3H3,(H,21,23). The van der Waals surface area contributed by atoms with Crippen molar-refractivity contribution in [1.29, 1.82) is 0 Å². The fourth-order valence-electron chi connectivity index (χ4n) is 4.29. The number of pyridine rings is 1. The summed E-state index contributed by atoms with van der Waals surface area (Å²) in [6, 6.07) is 2.51. The van der Waals surface area contributed by atoms with Crippen molar-refractivity contribution in [3.63, 3.8) is 0 Å². The van der Waals surface area contributed by atoms with Crippen molar-refractivity contribution in [2.75, 3.05) is 13.1 Å². The molecule has 3 fully saturated rings. The zero-order valence-corrected chi connectivity index (χ0v) is 14.6. The number of rotatable bonds is 3. The Kier molecular flexibility index (Phi) is 3.83. The lowest BCUT2D eigenvalue weighted by molar-refractivity contribution is 0.0216. The number of amides is 1. The van der Waals surface area contributed by atoms with Gasteiger partial charge in [-0.25, -0.2) is 4.98 Å². The van der Waals surface area contributed by atoms with Crippen LogP contribution in [0, 0.1) is 5.92 Å². The molecule has 3 aliphatic heterocycles. The summed E-state index contributed by atoms with van der Waals surface area (Å²) in [6.45, 7) is 8.79. The Balaban J connectivity index is 1.58. The Morgan fingerprint density at radius 1 is 1.38 bits per heavy atom. The summed E-state index contributed by atoms with van der Waals surface area (Å²) in [6.07, 6.45) is 5.80. The molecule has 24 heavy (non-hydrogen) atoms. The Morgan fingerprint density at radius 3 is 2.79 bits per heavy atom. The van der Waals surface area contributed by atoms with E-state index in [1.165, 1.54) is 12.8 Å². The average Bonchev–Trinajstić information content (AvgIpc) is 3.01. The summed E-state index contributed by atoms with van der Waals surface area (Å²) in [4.78, 5) is 19.6. The third kappa shape index (κ3) is 2.51. The molecule has 2 aromatic heterocycles. The van der Waals surface area contributed by atoms with Crippen LogP contribution in [0.5, 0.6) is 0 Å². The molecule has 0 spiro atoms. The molecule has 5 rings (SSSR count). The Hall–Kier alpha value is -1.88. The van der Waals surface area contributed by atoms with E-state index in [2.05, 4.69) is 36.0 Å². The molecular formula is C19H25N3O2. The van der Waals surface area contributed by atoms with Gasteiger partial charge >= 0.3 is 0 Å². The molecule has 2 atom stereocenters. The second-order valence-corrected chi connectivity index (χ2v) is 7.52. The fourth-order valence-corrected chi connectivity index (χ4v) is 4.29.